The van der Waals surface area contributed by atoms with Gasteiger partial charge in [-0.25, -0.2) is 9.78 Å². The van der Waals surface area contributed by atoms with Gasteiger partial charge in [-0.05, 0) is 19.3 Å². The molecule has 120 valence electrons. The number of ether oxygens (including phenoxy) is 2. The van der Waals surface area contributed by atoms with Crippen molar-refractivity contribution in [2.24, 2.45) is 5.92 Å². The number of carbonyl (C=O) groups is 1. The highest BCUT2D eigenvalue weighted by Gasteiger charge is 2.23. The standard InChI is InChI=1S/C16H23N3O3/c1-4-7-21-8-9-22-16(20)18(3)11-14-5-6-15-17-13(2)10-19(15)12-14/h1,10,14H,5-9,11-12H2,2-3H3. The predicted octanol–water partition coefficient (Wildman–Crippen LogP) is 1.47. The number of nitrogens with zero attached hydrogens (tertiary/aromatic N) is 3. The van der Waals surface area contributed by atoms with Gasteiger partial charge in [0, 0.05) is 32.8 Å². The molecule has 0 bridgehead atoms. The Labute approximate surface area is 131 Å². The lowest BCUT2D eigenvalue weighted by Crippen LogP contribution is -2.36. The van der Waals surface area contributed by atoms with Gasteiger partial charge in [0.1, 0.15) is 19.0 Å². The Morgan fingerprint density at radius 3 is 3.18 bits per heavy atom. The minimum atomic E-state index is -0.322. The number of aryl methyl sites for hydroxylation is 2. The van der Waals surface area contributed by atoms with Gasteiger partial charge < -0.3 is 18.9 Å². The highest BCUT2D eigenvalue weighted by molar-refractivity contribution is 5.67. The Balaban J connectivity index is 1.72. The molecule has 0 aromatic carbocycles. The summed E-state index contributed by atoms with van der Waals surface area (Å²) < 4.78 is 12.4. The molecule has 0 saturated carbocycles. The van der Waals surface area contributed by atoms with Gasteiger partial charge in [-0.15, -0.1) is 6.42 Å². The van der Waals surface area contributed by atoms with Crippen molar-refractivity contribution < 1.29 is 14.3 Å². The Morgan fingerprint density at radius 2 is 2.41 bits per heavy atom. The molecule has 1 aromatic rings. The van der Waals surface area contributed by atoms with E-state index in [4.69, 9.17) is 15.9 Å². The summed E-state index contributed by atoms with van der Waals surface area (Å²) in [5, 5.41) is 0. The van der Waals surface area contributed by atoms with E-state index in [2.05, 4.69) is 21.7 Å². The summed E-state index contributed by atoms with van der Waals surface area (Å²) in [6.45, 7) is 4.37. The van der Waals surface area contributed by atoms with Crippen LogP contribution in [0.2, 0.25) is 0 Å². The minimum Gasteiger partial charge on any atom is -0.447 e. The second-order valence-electron chi connectivity index (χ2n) is 5.61. The van der Waals surface area contributed by atoms with Crippen LogP contribution in [0.15, 0.2) is 6.20 Å². The molecule has 2 heterocycles. The number of fused-ring (bicyclic) bond motifs is 1. The van der Waals surface area contributed by atoms with E-state index in [1.807, 2.05) is 6.92 Å². The largest absolute Gasteiger partial charge is 0.447 e. The predicted molar refractivity (Wildman–Crippen MR) is 82.4 cm³/mol. The van der Waals surface area contributed by atoms with Crippen molar-refractivity contribution in [2.45, 2.75) is 26.3 Å². The van der Waals surface area contributed by atoms with Crippen LogP contribution in [0.3, 0.4) is 0 Å². The second kappa shape index (κ2) is 7.85. The van der Waals surface area contributed by atoms with E-state index in [1.165, 1.54) is 0 Å². The SMILES string of the molecule is C#CCOCCOC(=O)N(C)CC1CCc2nc(C)cn2C1. The van der Waals surface area contributed by atoms with Crippen molar-refractivity contribution in [1.82, 2.24) is 14.5 Å². The topological polar surface area (TPSA) is 56.6 Å². The molecule has 0 saturated heterocycles. The number of imidazole rings is 1. The van der Waals surface area contributed by atoms with Crippen LogP contribution in [0.25, 0.3) is 0 Å². The zero-order chi connectivity index (χ0) is 15.9. The first-order chi connectivity index (χ1) is 10.6. The van der Waals surface area contributed by atoms with Crippen LogP contribution in [0.1, 0.15) is 17.9 Å². The first kappa shape index (κ1) is 16.4. The molecular weight excluding hydrogens is 282 g/mol. The van der Waals surface area contributed by atoms with E-state index in [-0.39, 0.29) is 19.3 Å². The van der Waals surface area contributed by atoms with Gasteiger partial charge in [-0.3, -0.25) is 0 Å². The second-order valence-corrected chi connectivity index (χ2v) is 5.61. The van der Waals surface area contributed by atoms with E-state index in [9.17, 15) is 4.79 Å². The van der Waals surface area contributed by atoms with Crippen LogP contribution in [-0.4, -0.2) is 54.0 Å². The van der Waals surface area contributed by atoms with Crippen LogP contribution < -0.4 is 0 Å². The number of carbonyl (C=O) groups excluding carboxylic acids is 1. The number of aromatic nitrogens is 2. The zero-order valence-corrected chi connectivity index (χ0v) is 13.2. The van der Waals surface area contributed by atoms with Gasteiger partial charge in [0.15, 0.2) is 0 Å². The van der Waals surface area contributed by atoms with E-state index < -0.39 is 0 Å². The van der Waals surface area contributed by atoms with Gasteiger partial charge in [0.05, 0.1) is 12.3 Å². The maximum absolute atomic E-state index is 11.9. The molecule has 2 rings (SSSR count). The maximum atomic E-state index is 11.9. The molecular formula is C16H23N3O3. The maximum Gasteiger partial charge on any atom is 0.409 e. The first-order valence-electron chi connectivity index (χ1n) is 7.52. The van der Waals surface area contributed by atoms with Crippen molar-refractivity contribution in [3.8, 4) is 12.3 Å². The fourth-order valence-electron chi connectivity index (χ4n) is 2.70. The Kier molecular flexibility index (Phi) is 5.84. The lowest BCUT2D eigenvalue weighted by atomic mass is 9.99. The molecule has 0 N–H and O–H groups in total. The molecule has 6 nitrogen and oxygen atoms in total. The third-order valence-corrected chi connectivity index (χ3v) is 3.69. The summed E-state index contributed by atoms with van der Waals surface area (Å²) in [7, 11) is 1.76. The normalized spacial score (nSPS) is 16.7. The Morgan fingerprint density at radius 1 is 1.59 bits per heavy atom. The molecule has 1 amide bonds. The van der Waals surface area contributed by atoms with Crippen LogP contribution in [0.4, 0.5) is 4.79 Å². The minimum absolute atomic E-state index is 0.223. The summed E-state index contributed by atoms with van der Waals surface area (Å²) >= 11 is 0. The van der Waals surface area contributed by atoms with Gasteiger partial charge in [0.2, 0.25) is 0 Å². The Bertz CT molecular complexity index is 547. The molecule has 1 aliphatic heterocycles. The van der Waals surface area contributed by atoms with Crippen LogP contribution >= 0.6 is 0 Å². The van der Waals surface area contributed by atoms with Crippen LogP contribution in [-0.2, 0) is 22.4 Å². The highest BCUT2D eigenvalue weighted by Crippen LogP contribution is 2.20. The van der Waals surface area contributed by atoms with Crippen molar-refractivity contribution in [1.29, 1.82) is 0 Å². The molecule has 6 heteroatoms. The van der Waals surface area contributed by atoms with Crippen LogP contribution in [0.5, 0.6) is 0 Å². The first-order valence-corrected chi connectivity index (χ1v) is 7.52. The average Bonchev–Trinajstić information content (AvgIpc) is 2.86. The van der Waals surface area contributed by atoms with Gasteiger partial charge in [-0.2, -0.15) is 0 Å². The number of terminal acetylenes is 1. The smallest absolute Gasteiger partial charge is 0.409 e. The molecule has 0 fully saturated rings. The van der Waals surface area contributed by atoms with Crippen molar-refractivity contribution in [3.63, 3.8) is 0 Å². The van der Waals surface area contributed by atoms with E-state index in [0.29, 0.717) is 19.1 Å². The molecule has 1 unspecified atom stereocenters. The molecule has 0 aliphatic carbocycles. The monoisotopic (exact) mass is 305 g/mol. The van der Waals surface area contributed by atoms with Crippen LogP contribution in [0, 0.1) is 25.2 Å². The van der Waals surface area contributed by atoms with Crippen molar-refractivity contribution in [2.75, 3.05) is 33.4 Å². The Hall–Kier alpha value is -2.00. The third-order valence-electron chi connectivity index (χ3n) is 3.69. The van der Waals surface area contributed by atoms with Crippen molar-refractivity contribution in [3.05, 3.63) is 17.7 Å². The average molecular weight is 305 g/mol. The molecule has 1 aromatic heterocycles. The number of amides is 1. The number of rotatable bonds is 6. The number of hydrogen-bond acceptors (Lipinski definition) is 4. The van der Waals surface area contributed by atoms with E-state index >= 15 is 0 Å². The summed E-state index contributed by atoms with van der Waals surface area (Å²) in [6.07, 6.45) is 8.81. The van der Waals surface area contributed by atoms with Gasteiger partial charge in [-0.1, -0.05) is 5.92 Å². The molecule has 0 spiro atoms. The quantitative estimate of drug-likeness (QED) is 0.590. The van der Waals surface area contributed by atoms with Gasteiger partial charge in [0.25, 0.3) is 0 Å². The summed E-state index contributed by atoms with van der Waals surface area (Å²) in [6, 6.07) is 0. The van der Waals surface area contributed by atoms with E-state index in [1.54, 1.807) is 11.9 Å². The molecule has 22 heavy (non-hydrogen) atoms. The van der Waals surface area contributed by atoms with Crippen molar-refractivity contribution >= 4 is 6.09 Å². The molecule has 1 aliphatic rings. The lowest BCUT2D eigenvalue weighted by molar-refractivity contribution is 0.0652. The third kappa shape index (κ3) is 4.50. The van der Waals surface area contributed by atoms with Gasteiger partial charge >= 0.3 is 6.09 Å². The zero-order valence-electron chi connectivity index (χ0n) is 13.2. The number of hydrogen-bond donors (Lipinski definition) is 0. The summed E-state index contributed by atoms with van der Waals surface area (Å²) in [4.78, 5) is 18.0. The fourth-order valence-corrected chi connectivity index (χ4v) is 2.70. The highest BCUT2D eigenvalue weighted by atomic mass is 16.6. The molecule has 0 radical (unpaired) electrons. The summed E-state index contributed by atoms with van der Waals surface area (Å²) in [5.74, 6) is 3.93. The summed E-state index contributed by atoms with van der Waals surface area (Å²) in [5.41, 5.74) is 1.05. The fraction of sp³-hybridized carbons (Fsp3) is 0.625. The molecule has 1 atom stereocenters. The lowest BCUT2D eigenvalue weighted by Gasteiger charge is -2.27. The van der Waals surface area contributed by atoms with E-state index in [0.717, 1.165) is 30.9 Å².